The van der Waals surface area contributed by atoms with Gasteiger partial charge in [0.2, 0.25) is 0 Å². The predicted octanol–water partition coefficient (Wildman–Crippen LogP) is -0.781. The molecule has 0 saturated heterocycles. The van der Waals surface area contributed by atoms with E-state index in [1.165, 1.54) is 23.7 Å². The van der Waals surface area contributed by atoms with Gasteiger partial charge in [0.1, 0.15) is 0 Å². The molecule has 0 unspecified atom stereocenters. The van der Waals surface area contributed by atoms with Gasteiger partial charge in [-0.2, -0.15) is 0 Å². The van der Waals surface area contributed by atoms with Crippen LogP contribution in [-0.4, -0.2) is 21.4 Å². The van der Waals surface area contributed by atoms with E-state index < -0.39 is 0 Å². The number of esters is 1. The fraction of sp³-hybridized carbons (Fsp3) is 0.900. The first-order valence-corrected chi connectivity index (χ1v) is 8.05. The summed E-state index contributed by atoms with van der Waals surface area (Å²) in [4.78, 5) is 11.0. The van der Waals surface area contributed by atoms with Gasteiger partial charge < -0.3 is 0 Å². The molecular formula is C10H20IO2-. The van der Waals surface area contributed by atoms with Gasteiger partial charge >= 0.3 is 91.7 Å². The molecule has 0 aliphatic rings. The van der Waals surface area contributed by atoms with E-state index in [0.717, 1.165) is 6.42 Å². The molecule has 0 aromatic carbocycles. The van der Waals surface area contributed by atoms with Crippen molar-refractivity contribution in [2.45, 2.75) is 39.5 Å². The SMILES string of the molecule is CCCCCCOC(=O)C[I-]CC. The summed E-state index contributed by atoms with van der Waals surface area (Å²) in [6, 6.07) is 0. The van der Waals surface area contributed by atoms with Crippen molar-refractivity contribution in [3.8, 4) is 0 Å². The van der Waals surface area contributed by atoms with Crippen molar-refractivity contribution in [3.63, 3.8) is 0 Å². The summed E-state index contributed by atoms with van der Waals surface area (Å²) in [5.74, 6) is 0.0196. The molecule has 13 heavy (non-hydrogen) atoms. The first kappa shape index (κ1) is 13.2. The van der Waals surface area contributed by atoms with Gasteiger partial charge in [-0.3, -0.25) is 0 Å². The second kappa shape index (κ2) is 10.3. The second-order valence-corrected chi connectivity index (χ2v) is 6.24. The first-order valence-electron chi connectivity index (χ1n) is 5.00. The van der Waals surface area contributed by atoms with Gasteiger partial charge in [0.15, 0.2) is 0 Å². The molecule has 0 amide bonds. The Labute approximate surface area is 91.7 Å². The maximum absolute atomic E-state index is 11.0. The maximum atomic E-state index is 11.0. The summed E-state index contributed by atoms with van der Waals surface area (Å²) in [6.45, 7) is 4.94. The molecule has 3 heteroatoms. The third-order valence-corrected chi connectivity index (χ3v) is 3.89. The van der Waals surface area contributed by atoms with Crippen molar-refractivity contribution in [3.05, 3.63) is 0 Å². The van der Waals surface area contributed by atoms with E-state index in [2.05, 4.69) is 13.8 Å². The monoisotopic (exact) mass is 299 g/mol. The van der Waals surface area contributed by atoms with E-state index in [0.29, 0.717) is 11.0 Å². The van der Waals surface area contributed by atoms with Gasteiger partial charge in [-0.1, -0.05) is 0 Å². The van der Waals surface area contributed by atoms with Crippen molar-refractivity contribution in [1.82, 2.24) is 0 Å². The minimum absolute atomic E-state index is 0.0196. The molecule has 0 radical (unpaired) electrons. The number of rotatable bonds is 8. The van der Waals surface area contributed by atoms with Gasteiger partial charge in [0, 0.05) is 0 Å². The van der Waals surface area contributed by atoms with Crippen LogP contribution in [0.4, 0.5) is 0 Å². The van der Waals surface area contributed by atoms with Crippen molar-refractivity contribution in [1.29, 1.82) is 0 Å². The van der Waals surface area contributed by atoms with Crippen molar-refractivity contribution in [2.75, 3.05) is 15.5 Å². The van der Waals surface area contributed by atoms with Crippen LogP contribution in [0, 0.1) is 0 Å². The zero-order valence-corrected chi connectivity index (χ0v) is 10.8. The molecule has 0 spiro atoms. The van der Waals surface area contributed by atoms with Crippen LogP contribution in [0.25, 0.3) is 0 Å². The fourth-order valence-electron chi connectivity index (χ4n) is 0.925. The van der Waals surface area contributed by atoms with E-state index in [1.54, 1.807) is 0 Å². The Balaban J connectivity index is 3.08. The molecule has 0 aromatic heterocycles. The molecule has 0 rings (SSSR count). The Morgan fingerprint density at radius 1 is 1.23 bits per heavy atom. The number of hydrogen-bond donors (Lipinski definition) is 0. The number of alkyl halides is 2. The van der Waals surface area contributed by atoms with Gasteiger partial charge in [-0.25, -0.2) is 0 Å². The first-order chi connectivity index (χ1) is 6.31. The Morgan fingerprint density at radius 3 is 2.62 bits per heavy atom. The predicted molar refractivity (Wildman–Crippen MR) is 50.5 cm³/mol. The molecule has 2 nitrogen and oxygen atoms in total. The molecule has 80 valence electrons. The number of unbranched alkanes of at least 4 members (excludes halogenated alkanes) is 3. The minimum atomic E-state index is 0.0196. The average molecular weight is 299 g/mol. The molecule has 0 aromatic rings. The molecule has 0 heterocycles. The summed E-state index contributed by atoms with van der Waals surface area (Å²) >= 11 is 0.0839. The molecule has 0 aliphatic heterocycles. The summed E-state index contributed by atoms with van der Waals surface area (Å²) in [7, 11) is 0. The van der Waals surface area contributed by atoms with Gasteiger partial charge in [-0.05, 0) is 0 Å². The number of halogens is 1. The zero-order valence-electron chi connectivity index (χ0n) is 8.64. The Kier molecular flexibility index (Phi) is 10.4. The Morgan fingerprint density at radius 2 is 2.00 bits per heavy atom. The molecular weight excluding hydrogens is 279 g/mol. The third kappa shape index (κ3) is 10.1. The van der Waals surface area contributed by atoms with E-state index in [1.807, 2.05) is 0 Å². The van der Waals surface area contributed by atoms with Crippen LogP contribution in [0.15, 0.2) is 0 Å². The molecule has 0 atom stereocenters. The second-order valence-electron chi connectivity index (χ2n) is 2.87. The van der Waals surface area contributed by atoms with Crippen LogP contribution < -0.4 is 21.2 Å². The van der Waals surface area contributed by atoms with Gasteiger partial charge in [0.25, 0.3) is 0 Å². The number of ether oxygens (including phenoxy) is 1. The molecule has 0 aliphatic carbocycles. The van der Waals surface area contributed by atoms with E-state index >= 15 is 0 Å². The average Bonchev–Trinajstić information content (AvgIpc) is 2.14. The fourth-order valence-corrected chi connectivity index (χ4v) is 2.13. The van der Waals surface area contributed by atoms with E-state index in [9.17, 15) is 4.79 Å². The number of hydrogen-bond acceptors (Lipinski definition) is 2. The van der Waals surface area contributed by atoms with Crippen LogP contribution in [0.3, 0.4) is 0 Å². The van der Waals surface area contributed by atoms with Gasteiger partial charge in [-0.15, -0.1) is 0 Å². The molecule has 0 N–H and O–H groups in total. The van der Waals surface area contributed by atoms with Crippen LogP contribution in [0.5, 0.6) is 0 Å². The van der Waals surface area contributed by atoms with Crippen molar-refractivity contribution >= 4 is 5.97 Å². The topological polar surface area (TPSA) is 26.3 Å². The third-order valence-electron chi connectivity index (χ3n) is 1.65. The van der Waals surface area contributed by atoms with Crippen molar-refractivity contribution < 1.29 is 30.7 Å². The summed E-state index contributed by atoms with van der Waals surface area (Å²) in [6.07, 6.45) is 4.70. The molecule has 0 fully saturated rings. The van der Waals surface area contributed by atoms with Crippen LogP contribution >= 0.6 is 0 Å². The number of carbonyl (C=O) groups excluding carboxylic acids is 1. The van der Waals surface area contributed by atoms with E-state index in [4.69, 9.17) is 4.74 Å². The van der Waals surface area contributed by atoms with E-state index in [-0.39, 0.29) is 27.2 Å². The standard InChI is InChI=1S/C10H20IO2/c1-3-5-6-7-8-13-10(12)9-11-4-2/h3-9H2,1-2H3/q-1. The number of carbonyl (C=O) groups is 1. The zero-order chi connectivity index (χ0) is 9.94. The Hall–Kier alpha value is 0.200. The van der Waals surface area contributed by atoms with Crippen LogP contribution in [0.1, 0.15) is 39.5 Å². The Bertz CT molecular complexity index is 126. The molecule has 0 saturated carbocycles. The normalized spacial score (nSPS) is 10.3. The van der Waals surface area contributed by atoms with Crippen LogP contribution in [-0.2, 0) is 9.53 Å². The van der Waals surface area contributed by atoms with Crippen LogP contribution in [0.2, 0.25) is 0 Å². The summed E-state index contributed by atoms with van der Waals surface area (Å²) in [5, 5.41) is 0. The summed E-state index contributed by atoms with van der Waals surface area (Å²) in [5.41, 5.74) is 0. The van der Waals surface area contributed by atoms with Crippen molar-refractivity contribution in [2.24, 2.45) is 0 Å². The quantitative estimate of drug-likeness (QED) is 0.254. The van der Waals surface area contributed by atoms with Gasteiger partial charge in [0.05, 0.1) is 0 Å². The molecule has 0 bridgehead atoms. The summed E-state index contributed by atoms with van der Waals surface area (Å²) < 4.78 is 6.95.